The van der Waals surface area contributed by atoms with Crippen LogP contribution in [0.1, 0.15) is 39.3 Å². The van der Waals surface area contributed by atoms with Crippen LogP contribution in [0, 0.1) is 6.92 Å². The molecule has 0 aliphatic heterocycles. The molecule has 0 saturated heterocycles. The number of H-pyrrole nitrogens is 1. The van der Waals surface area contributed by atoms with E-state index < -0.39 is 0 Å². The van der Waals surface area contributed by atoms with Gasteiger partial charge in [-0.05, 0) is 60.9 Å². The number of amides is 1. The maximum atomic E-state index is 12.9. The van der Waals surface area contributed by atoms with Gasteiger partial charge in [-0.1, -0.05) is 18.2 Å². The first-order chi connectivity index (χ1) is 13.5. The number of hydrogen-bond acceptors (Lipinski definition) is 4. The predicted molar refractivity (Wildman–Crippen MR) is 114 cm³/mol. The normalized spacial score (nSPS) is 12.2. The van der Waals surface area contributed by atoms with E-state index in [0.717, 1.165) is 32.5 Å². The number of fused-ring (bicyclic) bond motifs is 1. The molecule has 1 atom stereocenters. The van der Waals surface area contributed by atoms with Gasteiger partial charge in [-0.2, -0.15) is 5.10 Å². The van der Waals surface area contributed by atoms with E-state index in [2.05, 4.69) is 39.8 Å². The number of aromatic amines is 1. The van der Waals surface area contributed by atoms with E-state index in [1.165, 1.54) is 4.88 Å². The molecule has 0 unspecified atom stereocenters. The Balaban J connectivity index is 1.55. The molecule has 0 bridgehead atoms. The summed E-state index contributed by atoms with van der Waals surface area (Å²) in [4.78, 5) is 15.2. The van der Waals surface area contributed by atoms with Crippen molar-refractivity contribution >= 4 is 28.1 Å². The Labute approximate surface area is 167 Å². The molecule has 0 aliphatic rings. The molecular formula is C22H22N4OS. The summed E-state index contributed by atoms with van der Waals surface area (Å²) in [6.45, 7) is 4.50. The summed E-state index contributed by atoms with van der Waals surface area (Å²) in [5.41, 5.74) is 10.4. The van der Waals surface area contributed by atoms with Gasteiger partial charge < -0.3 is 11.1 Å². The molecule has 4 rings (SSSR count). The van der Waals surface area contributed by atoms with Crippen molar-refractivity contribution in [1.29, 1.82) is 0 Å². The molecule has 1 amide bonds. The summed E-state index contributed by atoms with van der Waals surface area (Å²) in [6, 6.07) is 16.2. The van der Waals surface area contributed by atoms with Crippen LogP contribution in [0.2, 0.25) is 0 Å². The standard InChI is InChI=1S/C22H22N4OS/c1-13-8-17-12-24-26-20(17)10-19(13)22(27)25-14(2)15-4-3-5-16(9-15)21-7-6-18(11-23)28-21/h3-10,12,14H,11,23H2,1-2H3,(H,24,26)(H,25,27)/t14-/m1/s1. The molecule has 4 aromatic rings. The first-order valence-electron chi connectivity index (χ1n) is 9.19. The van der Waals surface area contributed by atoms with E-state index in [-0.39, 0.29) is 11.9 Å². The number of thiophene rings is 1. The number of aryl methyl sites for hydroxylation is 1. The van der Waals surface area contributed by atoms with Gasteiger partial charge in [0.2, 0.25) is 0 Å². The van der Waals surface area contributed by atoms with Crippen LogP contribution in [0.25, 0.3) is 21.3 Å². The molecule has 0 spiro atoms. The lowest BCUT2D eigenvalue weighted by Gasteiger charge is -2.16. The van der Waals surface area contributed by atoms with Crippen molar-refractivity contribution in [3.05, 3.63) is 76.3 Å². The Kier molecular flexibility index (Phi) is 4.98. The van der Waals surface area contributed by atoms with Crippen LogP contribution in [-0.4, -0.2) is 16.1 Å². The molecule has 2 aromatic heterocycles. The molecule has 6 heteroatoms. The minimum absolute atomic E-state index is 0.0894. The summed E-state index contributed by atoms with van der Waals surface area (Å²) in [5.74, 6) is -0.0894. The topological polar surface area (TPSA) is 83.8 Å². The third kappa shape index (κ3) is 3.56. The van der Waals surface area contributed by atoms with Gasteiger partial charge in [-0.3, -0.25) is 9.89 Å². The number of aromatic nitrogens is 2. The Morgan fingerprint density at radius 3 is 2.89 bits per heavy atom. The lowest BCUT2D eigenvalue weighted by molar-refractivity contribution is 0.0939. The summed E-state index contributed by atoms with van der Waals surface area (Å²) in [7, 11) is 0. The first kappa shape index (κ1) is 18.4. The number of benzene rings is 2. The summed E-state index contributed by atoms with van der Waals surface area (Å²) < 4.78 is 0. The van der Waals surface area contributed by atoms with Crippen molar-refractivity contribution in [1.82, 2.24) is 15.5 Å². The van der Waals surface area contributed by atoms with Gasteiger partial charge >= 0.3 is 0 Å². The van der Waals surface area contributed by atoms with Gasteiger partial charge in [0, 0.05) is 27.2 Å². The third-order valence-corrected chi connectivity index (χ3v) is 6.07. The van der Waals surface area contributed by atoms with Crippen molar-refractivity contribution in [2.45, 2.75) is 26.4 Å². The minimum Gasteiger partial charge on any atom is -0.346 e. The Hall–Kier alpha value is -2.96. The highest BCUT2D eigenvalue weighted by Gasteiger charge is 2.15. The van der Waals surface area contributed by atoms with Crippen LogP contribution >= 0.6 is 11.3 Å². The quantitative estimate of drug-likeness (QED) is 0.467. The van der Waals surface area contributed by atoms with Gasteiger partial charge in [0.15, 0.2) is 0 Å². The second kappa shape index (κ2) is 7.58. The molecule has 2 heterocycles. The Morgan fingerprint density at radius 1 is 1.25 bits per heavy atom. The second-order valence-electron chi connectivity index (χ2n) is 6.92. The zero-order valence-corrected chi connectivity index (χ0v) is 16.6. The van der Waals surface area contributed by atoms with E-state index in [1.807, 2.05) is 38.1 Å². The Morgan fingerprint density at radius 2 is 2.11 bits per heavy atom. The number of carbonyl (C=O) groups excluding carboxylic acids is 1. The third-order valence-electron chi connectivity index (χ3n) is 4.91. The molecule has 142 valence electrons. The number of hydrogen-bond donors (Lipinski definition) is 3. The lowest BCUT2D eigenvalue weighted by Crippen LogP contribution is -2.27. The van der Waals surface area contributed by atoms with E-state index in [0.29, 0.717) is 12.1 Å². The zero-order chi connectivity index (χ0) is 19.7. The molecule has 5 nitrogen and oxygen atoms in total. The van der Waals surface area contributed by atoms with Crippen LogP contribution in [0.15, 0.2) is 54.7 Å². The number of carbonyl (C=O) groups is 1. The van der Waals surface area contributed by atoms with Crippen molar-refractivity contribution in [3.8, 4) is 10.4 Å². The fourth-order valence-electron chi connectivity index (χ4n) is 3.31. The molecule has 0 fully saturated rings. The largest absolute Gasteiger partial charge is 0.346 e. The van der Waals surface area contributed by atoms with Crippen LogP contribution in [0.5, 0.6) is 0 Å². The van der Waals surface area contributed by atoms with Crippen LogP contribution < -0.4 is 11.1 Å². The highest BCUT2D eigenvalue weighted by molar-refractivity contribution is 7.15. The minimum atomic E-state index is -0.113. The van der Waals surface area contributed by atoms with E-state index in [4.69, 9.17) is 5.73 Å². The van der Waals surface area contributed by atoms with Crippen molar-refractivity contribution in [2.24, 2.45) is 5.73 Å². The highest BCUT2D eigenvalue weighted by Crippen LogP contribution is 2.30. The van der Waals surface area contributed by atoms with E-state index in [1.54, 1.807) is 17.5 Å². The van der Waals surface area contributed by atoms with Gasteiger partial charge in [0.05, 0.1) is 17.8 Å². The molecule has 0 saturated carbocycles. The average molecular weight is 391 g/mol. The first-order valence-corrected chi connectivity index (χ1v) is 10.0. The summed E-state index contributed by atoms with van der Waals surface area (Å²) >= 11 is 1.70. The van der Waals surface area contributed by atoms with Gasteiger partial charge in [-0.15, -0.1) is 11.3 Å². The summed E-state index contributed by atoms with van der Waals surface area (Å²) in [6.07, 6.45) is 1.76. The van der Waals surface area contributed by atoms with Crippen molar-refractivity contribution in [2.75, 3.05) is 0 Å². The number of rotatable bonds is 5. The molecule has 0 aliphatic carbocycles. The number of nitrogens with zero attached hydrogens (tertiary/aromatic N) is 1. The van der Waals surface area contributed by atoms with Crippen LogP contribution in [0.3, 0.4) is 0 Å². The fraction of sp³-hybridized carbons (Fsp3) is 0.182. The Bertz CT molecular complexity index is 1140. The average Bonchev–Trinajstić information content (AvgIpc) is 3.36. The van der Waals surface area contributed by atoms with Gasteiger partial charge in [0.25, 0.3) is 5.91 Å². The number of nitrogens with two attached hydrogens (primary N) is 1. The van der Waals surface area contributed by atoms with E-state index in [9.17, 15) is 4.79 Å². The van der Waals surface area contributed by atoms with Crippen LogP contribution in [-0.2, 0) is 6.54 Å². The SMILES string of the molecule is Cc1cc2cn[nH]c2cc1C(=O)N[C@H](C)c1cccc(-c2ccc(CN)s2)c1. The predicted octanol–water partition coefficient (Wildman–Crippen LogP) is 4.55. The van der Waals surface area contributed by atoms with Crippen LogP contribution in [0.4, 0.5) is 0 Å². The van der Waals surface area contributed by atoms with Crippen molar-refractivity contribution in [3.63, 3.8) is 0 Å². The van der Waals surface area contributed by atoms with E-state index >= 15 is 0 Å². The molecule has 28 heavy (non-hydrogen) atoms. The summed E-state index contributed by atoms with van der Waals surface area (Å²) in [5, 5.41) is 11.1. The monoisotopic (exact) mass is 390 g/mol. The maximum Gasteiger partial charge on any atom is 0.252 e. The van der Waals surface area contributed by atoms with Gasteiger partial charge in [0.1, 0.15) is 0 Å². The lowest BCUT2D eigenvalue weighted by atomic mass is 10.0. The zero-order valence-electron chi connectivity index (χ0n) is 15.8. The molecule has 0 radical (unpaired) electrons. The smallest absolute Gasteiger partial charge is 0.252 e. The molecule has 2 aromatic carbocycles. The highest BCUT2D eigenvalue weighted by atomic mass is 32.1. The number of nitrogens with one attached hydrogen (secondary N) is 2. The second-order valence-corrected chi connectivity index (χ2v) is 8.08. The van der Waals surface area contributed by atoms with Crippen molar-refractivity contribution < 1.29 is 4.79 Å². The fourth-order valence-corrected chi connectivity index (χ4v) is 4.19. The molecular weight excluding hydrogens is 368 g/mol. The molecule has 4 N–H and O–H groups in total. The maximum absolute atomic E-state index is 12.9. The van der Waals surface area contributed by atoms with Gasteiger partial charge in [-0.25, -0.2) is 0 Å².